The van der Waals surface area contributed by atoms with Crippen molar-refractivity contribution < 1.29 is 82.0 Å². The topological polar surface area (TPSA) is 276 Å². The summed E-state index contributed by atoms with van der Waals surface area (Å²) >= 11 is 0. The number of phosphoric ester groups is 2. The van der Waals surface area contributed by atoms with Crippen LogP contribution in [-0.4, -0.2) is 114 Å². The molecule has 0 spiro atoms. The molecule has 0 bridgehead atoms. The van der Waals surface area contributed by atoms with Gasteiger partial charge in [-0.3, -0.25) is 23.2 Å². The fourth-order valence-corrected chi connectivity index (χ4v) is 8.78. The third-order valence-electron chi connectivity index (χ3n) is 11.2. The summed E-state index contributed by atoms with van der Waals surface area (Å²) in [5.41, 5.74) is 0. The maximum Gasteiger partial charge on any atom is 0.472 e. The third kappa shape index (κ3) is 33.3. The van der Waals surface area contributed by atoms with Gasteiger partial charge in [0.05, 0.1) is 12.7 Å². The van der Waals surface area contributed by atoms with E-state index in [0.29, 0.717) is 25.7 Å². The van der Waals surface area contributed by atoms with Crippen LogP contribution < -0.4 is 0 Å². The predicted octanol–water partition coefficient (Wildman–Crippen LogP) is 8.81. The molecule has 394 valence electrons. The van der Waals surface area contributed by atoms with Gasteiger partial charge in [0, 0.05) is 12.8 Å². The van der Waals surface area contributed by atoms with Crippen LogP contribution in [0.5, 0.6) is 0 Å². The molecule has 1 aliphatic rings. The number of ether oxygens (including phenoxy) is 2. The second kappa shape index (κ2) is 39.3. The fraction of sp³-hybridized carbons (Fsp3) is 0.755. The summed E-state index contributed by atoms with van der Waals surface area (Å²) in [6.07, 6.45) is 27.8. The van der Waals surface area contributed by atoms with Crippen LogP contribution in [0.25, 0.3) is 0 Å². The Kier molecular flexibility index (Phi) is 36.8. The number of phosphoric acid groups is 2. The first-order chi connectivity index (χ1) is 32.5. The number of unbranched alkanes of at least 4 members (excludes halogenated alkanes) is 16. The van der Waals surface area contributed by atoms with Crippen LogP contribution >= 0.6 is 15.6 Å². The van der Waals surface area contributed by atoms with E-state index in [1.54, 1.807) is 6.08 Å². The summed E-state index contributed by atoms with van der Waals surface area (Å²) in [5.74, 6) is -1.30. The van der Waals surface area contributed by atoms with Crippen molar-refractivity contribution in [2.75, 3.05) is 13.2 Å². The number of hydrogen-bond donors (Lipinski definition) is 8. The van der Waals surface area contributed by atoms with Crippen molar-refractivity contribution in [1.82, 2.24) is 0 Å². The van der Waals surface area contributed by atoms with Crippen molar-refractivity contribution >= 4 is 27.6 Å². The molecule has 1 aliphatic carbocycles. The van der Waals surface area contributed by atoms with E-state index in [1.165, 1.54) is 38.5 Å². The number of esters is 2. The van der Waals surface area contributed by atoms with Gasteiger partial charge in [-0.15, -0.1) is 0 Å². The third-order valence-corrected chi connectivity index (χ3v) is 12.7. The lowest BCUT2D eigenvalue weighted by atomic mass is 9.85. The van der Waals surface area contributed by atoms with Crippen LogP contribution in [-0.2, 0) is 41.8 Å². The van der Waals surface area contributed by atoms with Crippen molar-refractivity contribution in [3.63, 3.8) is 0 Å². The SMILES string of the molecule is CCCCCCCC/C=C\CCCCCCCCCC(=O)OC[C@H](COP(=O)(O)O[C@H]1C(O)C(O)C(O)[C@@H](OP(=O)(O)O)C1O)OC(=O)CCC/C=C\C/C=C\C/C=C\C=C\[C@@H](O)CCCCC. The zero-order valence-corrected chi connectivity index (χ0v) is 42.4. The Balaban J connectivity index is 2.63. The Labute approximate surface area is 405 Å². The zero-order valence-electron chi connectivity index (χ0n) is 40.6. The van der Waals surface area contributed by atoms with Gasteiger partial charge in [-0.25, -0.2) is 9.13 Å². The average Bonchev–Trinajstić information content (AvgIpc) is 3.29. The summed E-state index contributed by atoms with van der Waals surface area (Å²) in [5, 5.41) is 51.2. The highest BCUT2D eigenvalue weighted by Crippen LogP contribution is 2.49. The van der Waals surface area contributed by atoms with Gasteiger partial charge in [-0.2, -0.15) is 0 Å². The number of carbonyl (C=O) groups excluding carboxylic acids is 2. The molecular formula is C49H86O17P2. The molecule has 0 radical (unpaired) electrons. The molecular weight excluding hydrogens is 922 g/mol. The molecule has 0 aliphatic heterocycles. The van der Waals surface area contributed by atoms with E-state index in [1.807, 2.05) is 42.5 Å². The number of carbonyl (C=O) groups is 2. The Hall–Kier alpha value is -2.34. The lowest BCUT2D eigenvalue weighted by molar-refractivity contribution is -0.216. The maximum absolute atomic E-state index is 13.0. The lowest BCUT2D eigenvalue weighted by Gasteiger charge is -2.43. The normalized spacial score (nSPS) is 22.2. The molecule has 17 nitrogen and oxygen atoms in total. The Bertz CT molecular complexity index is 1560. The minimum atomic E-state index is -5.38. The van der Waals surface area contributed by atoms with E-state index < -0.39 is 89.6 Å². The second-order valence-corrected chi connectivity index (χ2v) is 20.0. The van der Waals surface area contributed by atoms with Gasteiger partial charge in [-0.1, -0.05) is 158 Å². The van der Waals surface area contributed by atoms with Crippen molar-refractivity contribution in [3.8, 4) is 0 Å². The fourth-order valence-electron chi connectivity index (χ4n) is 7.24. The maximum atomic E-state index is 13.0. The molecule has 0 aromatic carbocycles. The van der Waals surface area contributed by atoms with Gasteiger partial charge in [0.15, 0.2) is 6.10 Å². The number of aliphatic hydroxyl groups excluding tert-OH is 5. The summed E-state index contributed by atoms with van der Waals surface area (Å²) in [7, 11) is -10.7. The van der Waals surface area contributed by atoms with E-state index >= 15 is 0 Å². The summed E-state index contributed by atoms with van der Waals surface area (Å²) < 4.78 is 49.3. The van der Waals surface area contributed by atoms with Crippen LogP contribution in [0.3, 0.4) is 0 Å². The van der Waals surface area contributed by atoms with Crippen LogP contribution in [0.1, 0.15) is 174 Å². The molecule has 0 amide bonds. The van der Waals surface area contributed by atoms with Crippen molar-refractivity contribution in [2.24, 2.45) is 0 Å². The lowest BCUT2D eigenvalue weighted by Crippen LogP contribution is -2.64. The molecule has 19 heteroatoms. The molecule has 1 fully saturated rings. The highest BCUT2D eigenvalue weighted by molar-refractivity contribution is 7.47. The highest BCUT2D eigenvalue weighted by atomic mass is 31.2. The van der Waals surface area contributed by atoms with Crippen molar-refractivity contribution in [3.05, 3.63) is 60.8 Å². The van der Waals surface area contributed by atoms with E-state index in [9.17, 15) is 58.9 Å². The van der Waals surface area contributed by atoms with Gasteiger partial charge in [-0.05, 0) is 64.2 Å². The molecule has 5 unspecified atom stereocenters. The molecule has 0 aromatic heterocycles. The Morgan fingerprint density at radius 1 is 0.544 bits per heavy atom. The van der Waals surface area contributed by atoms with E-state index in [0.717, 1.165) is 83.5 Å². The average molecular weight is 1010 g/mol. The predicted molar refractivity (Wildman–Crippen MR) is 261 cm³/mol. The first-order valence-electron chi connectivity index (χ1n) is 24.9. The van der Waals surface area contributed by atoms with Gasteiger partial charge in [0.2, 0.25) is 0 Å². The molecule has 1 rings (SSSR count). The van der Waals surface area contributed by atoms with Crippen LogP contribution in [0.4, 0.5) is 0 Å². The number of hydrogen-bond acceptors (Lipinski definition) is 14. The molecule has 68 heavy (non-hydrogen) atoms. The van der Waals surface area contributed by atoms with Crippen LogP contribution in [0.2, 0.25) is 0 Å². The van der Waals surface area contributed by atoms with Gasteiger partial charge in [0.25, 0.3) is 0 Å². The largest absolute Gasteiger partial charge is 0.472 e. The van der Waals surface area contributed by atoms with Gasteiger partial charge < -0.3 is 49.7 Å². The molecule has 0 heterocycles. The second-order valence-electron chi connectivity index (χ2n) is 17.4. The van der Waals surface area contributed by atoms with Crippen molar-refractivity contribution in [1.29, 1.82) is 0 Å². The van der Waals surface area contributed by atoms with Gasteiger partial charge in [0.1, 0.15) is 43.2 Å². The Morgan fingerprint density at radius 3 is 1.66 bits per heavy atom. The Morgan fingerprint density at radius 2 is 1.04 bits per heavy atom. The molecule has 1 saturated carbocycles. The molecule has 8 N–H and O–H groups in total. The highest BCUT2D eigenvalue weighted by Gasteiger charge is 2.54. The van der Waals surface area contributed by atoms with E-state index in [4.69, 9.17) is 18.5 Å². The van der Waals surface area contributed by atoms with Crippen molar-refractivity contribution in [2.45, 2.75) is 223 Å². The van der Waals surface area contributed by atoms with Gasteiger partial charge >= 0.3 is 27.6 Å². The smallest absolute Gasteiger partial charge is 0.462 e. The zero-order chi connectivity index (χ0) is 50.5. The molecule has 9 atom stereocenters. The first kappa shape index (κ1) is 63.7. The van der Waals surface area contributed by atoms with Crippen LogP contribution in [0, 0.1) is 0 Å². The van der Waals surface area contributed by atoms with E-state index in [2.05, 4.69) is 30.5 Å². The number of allylic oxidation sites excluding steroid dienone is 9. The molecule has 0 saturated heterocycles. The monoisotopic (exact) mass is 1010 g/mol. The minimum Gasteiger partial charge on any atom is -0.462 e. The number of aliphatic hydroxyl groups is 5. The number of rotatable bonds is 41. The molecule has 0 aromatic rings. The summed E-state index contributed by atoms with van der Waals surface area (Å²) in [6, 6.07) is 0. The minimum absolute atomic E-state index is 0.0545. The quantitative estimate of drug-likeness (QED) is 0.00934. The van der Waals surface area contributed by atoms with Crippen LogP contribution in [0.15, 0.2) is 60.8 Å². The summed E-state index contributed by atoms with van der Waals surface area (Å²) in [4.78, 5) is 54.3. The first-order valence-corrected chi connectivity index (χ1v) is 28.0. The summed E-state index contributed by atoms with van der Waals surface area (Å²) in [6.45, 7) is 2.94. The standard InChI is InChI=1S/C49H86O17P2/c1-3-5-7-8-9-10-11-12-13-14-15-16-19-22-25-28-32-36-42(51)62-38-41(39-63-68(60,61)66-49-46(55)44(53)45(54)48(47(49)56)65-67(57,58)59)64-43(52)37-33-29-26-23-20-17-18-21-24-27-31-35-40(50)34-30-6-4-2/h12-13,17-18,23-24,26-27,31,35,40-41,44-50,53-56H,3-11,14-16,19-22,25,28-30,32-34,36-39H2,1-2H3,(H,60,61)(H2,57,58,59)/b13-12-,18-17-,26-23-,27-24-,35-31+/t40-,41+,44?,45?,46?,47?,48+,49-/m0/s1. The van der Waals surface area contributed by atoms with E-state index in [-0.39, 0.29) is 12.8 Å².